The second kappa shape index (κ2) is 19.2. The number of aliphatic hydroxyl groups excluding tert-OH is 1. The van der Waals surface area contributed by atoms with E-state index in [1.54, 1.807) is 11.8 Å². The van der Waals surface area contributed by atoms with Crippen LogP contribution < -0.4 is 16.0 Å². The van der Waals surface area contributed by atoms with Gasteiger partial charge in [0.25, 0.3) is 0 Å². The Morgan fingerprint density at radius 1 is 0.784 bits per heavy atom. The normalized spacial score (nSPS) is 17.0. The number of carbonyl (C=O) groups is 3. The van der Waals surface area contributed by atoms with E-state index in [1.807, 2.05) is 78.9 Å². The monoisotopic (exact) mass is 709 g/mol. The molecule has 1 aliphatic rings. The molecule has 4 aromatic carbocycles. The summed E-state index contributed by atoms with van der Waals surface area (Å²) in [6.45, 7) is 4.06. The van der Waals surface area contributed by atoms with Crippen molar-refractivity contribution in [1.29, 1.82) is 0 Å². The number of thioether (sulfide) groups is 1. The molecular weight excluding hydrogens is 663 g/mol. The highest BCUT2D eigenvalue weighted by atomic mass is 32.2. The minimum absolute atomic E-state index is 0.0124. The molecule has 0 aromatic heterocycles. The van der Waals surface area contributed by atoms with Gasteiger partial charge >= 0.3 is 0 Å². The van der Waals surface area contributed by atoms with Gasteiger partial charge in [0, 0.05) is 61.7 Å². The fourth-order valence-corrected chi connectivity index (χ4v) is 6.88. The van der Waals surface area contributed by atoms with Crippen molar-refractivity contribution in [3.8, 4) is 11.1 Å². The number of hydrogen-bond acceptors (Lipinski definition) is 7. The molecule has 0 spiro atoms. The van der Waals surface area contributed by atoms with Crippen molar-refractivity contribution < 1.29 is 29.0 Å². The van der Waals surface area contributed by atoms with Gasteiger partial charge in [-0.2, -0.15) is 0 Å². The molecular formula is C41H47N3O6S. The highest BCUT2D eigenvalue weighted by molar-refractivity contribution is 7.99. The van der Waals surface area contributed by atoms with E-state index in [2.05, 4.69) is 34.1 Å². The van der Waals surface area contributed by atoms with Crippen molar-refractivity contribution in [2.24, 2.45) is 0 Å². The largest absolute Gasteiger partial charge is 0.392 e. The summed E-state index contributed by atoms with van der Waals surface area (Å²) < 4.78 is 13.1. The van der Waals surface area contributed by atoms with Gasteiger partial charge in [0.2, 0.25) is 17.7 Å². The zero-order valence-electron chi connectivity index (χ0n) is 29.2. The summed E-state index contributed by atoms with van der Waals surface area (Å²) in [7, 11) is 0. The summed E-state index contributed by atoms with van der Waals surface area (Å²) in [5.74, 6) is 0.603. The van der Waals surface area contributed by atoms with Gasteiger partial charge in [0.1, 0.15) is 0 Å². The average Bonchev–Trinajstić information content (AvgIpc) is 3.15. The van der Waals surface area contributed by atoms with E-state index in [9.17, 15) is 19.5 Å². The molecule has 1 fully saturated rings. The van der Waals surface area contributed by atoms with Crippen LogP contribution in [0.5, 0.6) is 0 Å². The lowest BCUT2D eigenvalue weighted by Gasteiger charge is -2.36. The summed E-state index contributed by atoms with van der Waals surface area (Å²) in [5, 5.41) is 18.2. The van der Waals surface area contributed by atoms with E-state index in [-0.39, 0.29) is 36.5 Å². The number of ether oxygens (including phenoxy) is 2. The molecule has 3 unspecified atom stereocenters. The van der Waals surface area contributed by atoms with Crippen molar-refractivity contribution in [3.63, 3.8) is 0 Å². The number of unbranched alkanes of at least 4 members (excludes halogenated alkanes) is 2. The first-order valence-corrected chi connectivity index (χ1v) is 18.5. The summed E-state index contributed by atoms with van der Waals surface area (Å²) in [5.41, 5.74) is 6.67. The molecule has 1 heterocycles. The average molecular weight is 710 g/mol. The third-order valence-corrected chi connectivity index (χ3v) is 9.81. The molecule has 3 atom stereocenters. The highest BCUT2D eigenvalue weighted by Crippen LogP contribution is 2.40. The first-order chi connectivity index (χ1) is 24.8. The van der Waals surface area contributed by atoms with Gasteiger partial charge in [-0.05, 0) is 64.9 Å². The molecule has 5 rings (SSSR count). The maximum atomic E-state index is 12.6. The van der Waals surface area contributed by atoms with Crippen LogP contribution in [0.3, 0.4) is 0 Å². The summed E-state index contributed by atoms with van der Waals surface area (Å²) in [6.07, 6.45) is 2.80. The van der Waals surface area contributed by atoms with Crippen LogP contribution in [0.4, 0.5) is 5.69 Å². The molecule has 3 amide bonds. The topological polar surface area (TPSA) is 126 Å². The smallest absolute Gasteiger partial charge is 0.221 e. The molecule has 51 heavy (non-hydrogen) atoms. The summed E-state index contributed by atoms with van der Waals surface area (Å²) in [6, 6.07) is 32.0. The van der Waals surface area contributed by atoms with E-state index < -0.39 is 6.29 Å². The standard InChI is InChI=1S/C41H47N3O6S/c1-28(46)42-23-7-3-4-10-40(48)43-25-34-8-5-6-9-38(34)31-15-17-33(18-16-31)41-49-36(24-39(50-41)32-13-11-30(26-45)12-14-32)27-51-37-21-19-35(20-22-37)44-29(2)47/h5-6,8-9,11-22,36,39,41,45H,3-4,7,10,23-27H2,1-2H3,(H,42,46)(H,43,48)(H,44,47). The van der Waals surface area contributed by atoms with Gasteiger partial charge in [-0.25, -0.2) is 0 Å². The van der Waals surface area contributed by atoms with Crippen LogP contribution in [-0.4, -0.2) is 41.2 Å². The fourth-order valence-electron chi connectivity index (χ4n) is 5.96. The third-order valence-electron chi connectivity index (χ3n) is 8.67. The predicted octanol–water partition coefficient (Wildman–Crippen LogP) is 7.45. The third kappa shape index (κ3) is 11.8. The second-order valence-electron chi connectivity index (χ2n) is 12.7. The quantitative estimate of drug-likeness (QED) is 0.0703. The first-order valence-electron chi connectivity index (χ1n) is 17.5. The molecule has 10 heteroatoms. The van der Waals surface area contributed by atoms with E-state index in [0.717, 1.165) is 69.0 Å². The molecule has 4 aromatic rings. The zero-order chi connectivity index (χ0) is 36.0. The molecule has 0 aliphatic carbocycles. The zero-order valence-corrected chi connectivity index (χ0v) is 30.0. The number of amides is 3. The van der Waals surface area contributed by atoms with Crippen LogP contribution in [0, 0.1) is 0 Å². The number of anilines is 1. The van der Waals surface area contributed by atoms with E-state index in [1.165, 1.54) is 13.8 Å². The van der Waals surface area contributed by atoms with E-state index >= 15 is 0 Å². The number of nitrogens with one attached hydrogen (secondary N) is 3. The lowest BCUT2D eigenvalue weighted by atomic mass is 9.97. The molecule has 9 nitrogen and oxygen atoms in total. The van der Waals surface area contributed by atoms with Crippen molar-refractivity contribution in [1.82, 2.24) is 10.6 Å². The van der Waals surface area contributed by atoms with Crippen LogP contribution in [0.2, 0.25) is 0 Å². The number of hydrogen-bond donors (Lipinski definition) is 4. The Labute approximate surface area is 304 Å². The molecule has 4 N–H and O–H groups in total. The van der Waals surface area contributed by atoms with Gasteiger partial charge in [0.15, 0.2) is 6.29 Å². The number of rotatable bonds is 16. The van der Waals surface area contributed by atoms with Crippen LogP contribution >= 0.6 is 11.8 Å². The maximum absolute atomic E-state index is 12.6. The molecule has 0 saturated carbocycles. The molecule has 1 saturated heterocycles. The van der Waals surface area contributed by atoms with E-state index in [0.29, 0.717) is 25.9 Å². The van der Waals surface area contributed by atoms with Gasteiger partial charge in [-0.1, -0.05) is 79.2 Å². The van der Waals surface area contributed by atoms with Crippen LogP contribution in [-0.2, 0) is 37.0 Å². The summed E-state index contributed by atoms with van der Waals surface area (Å²) >= 11 is 1.70. The summed E-state index contributed by atoms with van der Waals surface area (Å²) in [4.78, 5) is 36.0. The van der Waals surface area contributed by atoms with Crippen LogP contribution in [0.1, 0.15) is 80.6 Å². The molecule has 1 aliphatic heterocycles. The number of carbonyl (C=O) groups excluding carboxylic acids is 3. The van der Waals surface area contributed by atoms with Gasteiger partial charge in [0.05, 0.1) is 18.8 Å². The SMILES string of the molecule is CC(=O)NCCCCCC(=O)NCc1ccccc1-c1ccc(C2OC(CSc3ccc(NC(C)=O)cc3)CC(c3ccc(CO)cc3)O2)cc1. The molecule has 268 valence electrons. The Bertz CT molecular complexity index is 1730. The number of benzene rings is 4. The fraction of sp³-hybridized carbons (Fsp3) is 0.341. The Balaban J connectivity index is 1.23. The minimum atomic E-state index is -0.573. The van der Waals surface area contributed by atoms with E-state index in [4.69, 9.17) is 9.47 Å². The van der Waals surface area contributed by atoms with Gasteiger partial charge in [-0.15, -0.1) is 11.8 Å². The Hall–Kier alpha value is -4.48. The van der Waals surface area contributed by atoms with Crippen molar-refractivity contribution in [2.45, 2.75) is 82.5 Å². The van der Waals surface area contributed by atoms with Crippen molar-refractivity contribution in [2.75, 3.05) is 17.6 Å². The number of aliphatic hydroxyl groups is 1. The Morgan fingerprint density at radius 2 is 1.51 bits per heavy atom. The Morgan fingerprint density at radius 3 is 2.22 bits per heavy atom. The minimum Gasteiger partial charge on any atom is -0.392 e. The molecule has 0 bridgehead atoms. The van der Waals surface area contributed by atoms with Crippen LogP contribution in [0.15, 0.2) is 102 Å². The first kappa shape index (κ1) is 37.8. The Kier molecular flexibility index (Phi) is 14.2. The van der Waals surface area contributed by atoms with Crippen molar-refractivity contribution in [3.05, 3.63) is 119 Å². The lowest BCUT2D eigenvalue weighted by molar-refractivity contribution is -0.245. The second-order valence-corrected chi connectivity index (χ2v) is 13.8. The predicted molar refractivity (Wildman–Crippen MR) is 201 cm³/mol. The maximum Gasteiger partial charge on any atom is 0.221 e. The van der Waals surface area contributed by atoms with Crippen LogP contribution in [0.25, 0.3) is 11.1 Å². The van der Waals surface area contributed by atoms with Gasteiger partial charge in [-0.3, -0.25) is 14.4 Å². The lowest BCUT2D eigenvalue weighted by Crippen LogP contribution is -2.31. The van der Waals surface area contributed by atoms with Gasteiger partial charge < -0.3 is 30.5 Å². The highest BCUT2D eigenvalue weighted by Gasteiger charge is 2.32. The molecule has 0 radical (unpaired) electrons. The van der Waals surface area contributed by atoms with Crippen molar-refractivity contribution >= 4 is 35.2 Å².